The van der Waals surface area contributed by atoms with Gasteiger partial charge in [0.2, 0.25) is 5.91 Å². The molecule has 3 rings (SSSR count). The van der Waals surface area contributed by atoms with Gasteiger partial charge in [-0.05, 0) is 30.9 Å². The largest absolute Gasteiger partial charge is 0.478 e. The maximum atomic E-state index is 12.3. The second-order valence-electron chi connectivity index (χ2n) is 5.82. The van der Waals surface area contributed by atoms with Crippen molar-refractivity contribution in [1.29, 1.82) is 0 Å². The van der Waals surface area contributed by atoms with Crippen molar-refractivity contribution in [3.63, 3.8) is 0 Å². The Morgan fingerprint density at radius 3 is 2.96 bits per heavy atom. The summed E-state index contributed by atoms with van der Waals surface area (Å²) in [7, 11) is 1.91. The standard InChI is InChI=1S/C17H19N3O3/c1-20-15-8-4-7-14(13(15)10-18-20)19-16(21)9-11-5-2-3-6-12(11)17(22)23/h2-3,5-6,10,14H,4,7-9H2,1H3,(H,19,21)(H,22,23). The number of rotatable bonds is 4. The summed E-state index contributed by atoms with van der Waals surface area (Å²) in [4.78, 5) is 23.6. The average Bonchev–Trinajstić information content (AvgIpc) is 2.90. The second kappa shape index (κ2) is 6.24. The molecule has 6 heteroatoms. The number of hydrogen-bond donors (Lipinski definition) is 2. The van der Waals surface area contributed by atoms with E-state index >= 15 is 0 Å². The predicted octanol–water partition coefficient (Wildman–Crippen LogP) is 1.85. The molecular formula is C17H19N3O3. The number of benzene rings is 1. The van der Waals surface area contributed by atoms with Crippen LogP contribution < -0.4 is 5.32 Å². The molecule has 1 atom stereocenters. The number of aryl methyl sites for hydroxylation is 1. The molecule has 6 nitrogen and oxygen atoms in total. The summed E-state index contributed by atoms with van der Waals surface area (Å²) in [6.07, 6.45) is 4.73. The van der Waals surface area contributed by atoms with Crippen molar-refractivity contribution >= 4 is 11.9 Å². The molecule has 1 heterocycles. The van der Waals surface area contributed by atoms with Gasteiger partial charge in [0.05, 0.1) is 24.2 Å². The van der Waals surface area contributed by atoms with Gasteiger partial charge in [-0.2, -0.15) is 5.10 Å². The molecule has 120 valence electrons. The van der Waals surface area contributed by atoms with Crippen LogP contribution in [0.3, 0.4) is 0 Å². The molecule has 0 bridgehead atoms. The molecule has 23 heavy (non-hydrogen) atoms. The molecule has 1 unspecified atom stereocenters. The Hall–Kier alpha value is -2.63. The van der Waals surface area contributed by atoms with E-state index in [0.717, 1.165) is 30.5 Å². The minimum atomic E-state index is -1.01. The summed E-state index contributed by atoms with van der Waals surface area (Å²) in [5, 5.41) is 16.5. The van der Waals surface area contributed by atoms with Crippen molar-refractivity contribution in [3.05, 3.63) is 52.8 Å². The average molecular weight is 313 g/mol. The minimum absolute atomic E-state index is 0.0445. The number of carboxylic acid groups (broad SMARTS) is 1. The fraction of sp³-hybridized carbons (Fsp3) is 0.353. The summed E-state index contributed by atoms with van der Waals surface area (Å²) in [5.41, 5.74) is 2.93. The van der Waals surface area contributed by atoms with Crippen molar-refractivity contribution in [2.24, 2.45) is 7.05 Å². The minimum Gasteiger partial charge on any atom is -0.478 e. The van der Waals surface area contributed by atoms with E-state index in [1.807, 2.05) is 17.9 Å². The van der Waals surface area contributed by atoms with Crippen LogP contribution in [0.15, 0.2) is 30.5 Å². The number of aromatic carboxylic acids is 1. The number of carboxylic acids is 1. The van der Waals surface area contributed by atoms with Crippen LogP contribution in [0.2, 0.25) is 0 Å². The van der Waals surface area contributed by atoms with Crippen LogP contribution >= 0.6 is 0 Å². The highest BCUT2D eigenvalue weighted by atomic mass is 16.4. The van der Waals surface area contributed by atoms with Gasteiger partial charge in [-0.3, -0.25) is 9.48 Å². The van der Waals surface area contributed by atoms with Crippen LogP contribution in [0.5, 0.6) is 0 Å². The highest BCUT2D eigenvalue weighted by Crippen LogP contribution is 2.29. The van der Waals surface area contributed by atoms with Gasteiger partial charge in [-0.1, -0.05) is 18.2 Å². The molecular weight excluding hydrogens is 294 g/mol. The van der Waals surface area contributed by atoms with Crippen LogP contribution in [0.25, 0.3) is 0 Å². The first-order valence-electron chi connectivity index (χ1n) is 7.67. The smallest absolute Gasteiger partial charge is 0.335 e. The van der Waals surface area contributed by atoms with E-state index in [-0.39, 0.29) is 23.9 Å². The van der Waals surface area contributed by atoms with E-state index < -0.39 is 5.97 Å². The molecule has 0 saturated heterocycles. The summed E-state index contributed by atoms with van der Waals surface area (Å²) in [6, 6.07) is 6.56. The number of nitrogens with zero attached hydrogens (tertiary/aromatic N) is 2. The first kappa shape index (κ1) is 15.3. The lowest BCUT2D eigenvalue weighted by Crippen LogP contribution is -2.32. The van der Waals surface area contributed by atoms with Crippen LogP contribution in [0.4, 0.5) is 0 Å². The molecule has 2 aromatic rings. The second-order valence-corrected chi connectivity index (χ2v) is 5.82. The lowest BCUT2D eigenvalue weighted by molar-refractivity contribution is -0.121. The number of carbonyl (C=O) groups is 2. The number of aromatic nitrogens is 2. The predicted molar refractivity (Wildman–Crippen MR) is 84.1 cm³/mol. The lowest BCUT2D eigenvalue weighted by Gasteiger charge is -2.24. The quantitative estimate of drug-likeness (QED) is 0.902. The van der Waals surface area contributed by atoms with Crippen LogP contribution in [0.1, 0.15) is 46.1 Å². The van der Waals surface area contributed by atoms with Crippen molar-refractivity contribution in [2.75, 3.05) is 0 Å². The molecule has 1 aromatic carbocycles. The number of carbonyl (C=O) groups excluding carboxylic acids is 1. The highest BCUT2D eigenvalue weighted by molar-refractivity contribution is 5.91. The third-order valence-corrected chi connectivity index (χ3v) is 4.31. The monoisotopic (exact) mass is 313 g/mol. The van der Waals surface area contributed by atoms with Gasteiger partial charge in [0.1, 0.15) is 0 Å². The first-order valence-corrected chi connectivity index (χ1v) is 7.67. The lowest BCUT2D eigenvalue weighted by atomic mass is 9.92. The molecule has 0 radical (unpaired) electrons. The fourth-order valence-corrected chi connectivity index (χ4v) is 3.16. The first-order chi connectivity index (χ1) is 11.1. The van der Waals surface area contributed by atoms with Crippen LogP contribution in [-0.4, -0.2) is 26.8 Å². The summed E-state index contributed by atoms with van der Waals surface area (Å²) < 4.78 is 1.85. The van der Waals surface area contributed by atoms with Gasteiger partial charge in [0.15, 0.2) is 0 Å². The van der Waals surface area contributed by atoms with E-state index in [4.69, 9.17) is 0 Å². The molecule has 0 spiro atoms. The normalized spacial score (nSPS) is 16.7. The van der Waals surface area contributed by atoms with E-state index in [1.54, 1.807) is 18.2 Å². The molecule has 0 fully saturated rings. The third kappa shape index (κ3) is 3.11. The number of nitrogens with one attached hydrogen (secondary N) is 1. The summed E-state index contributed by atoms with van der Waals surface area (Å²) >= 11 is 0. The van der Waals surface area contributed by atoms with Gasteiger partial charge in [-0.25, -0.2) is 4.79 Å². The molecule has 1 aliphatic rings. The number of fused-ring (bicyclic) bond motifs is 1. The van der Waals surface area contributed by atoms with Crippen molar-refractivity contribution in [1.82, 2.24) is 15.1 Å². The Morgan fingerprint density at radius 2 is 2.17 bits per heavy atom. The van der Waals surface area contributed by atoms with E-state index in [1.165, 1.54) is 6.07 Å². The zero-order chi connectivity index (χ0) is 16.4. The Balaban J connectivity index is 1.73. The van der Waals surface area contributed by atoms with Crippen molar-refractivity contribution < 1.29 is 14.7 Å². The molecule has 1 aromatic heterocycles. The van der Waals surface area contributed by atoms with Gasteiger partial charge >= 0.3 is 5.97 Å². The molecule has 1 amide bonds. The van der Waals surface area contributed by atoms with E-state index in [9.17, 15) is 14.7 Å². The van der Waals surface area contributed by atoms with Gasteiger partial charge in [0, 0.05) is 18.3 Å². The van der Waals surface area contributed by atoms with Crippen LogP contribution in [-0.2, 0) is 24.7 Å². The maximum Gasteiger partial charge on any atom is 0.335 e. The van der Waals surface area contributed by atoms with Crippen LogP contribution in [0, 0.1) is 0 Å². The SMILES string of the molecule is Cn1ncc2c1CCCC2NC(=O)Cc1ccccc1C(=O)O. The topological polar surface area (TPSA) is 84.2 Å². The van der Waals surface area contributed by atoms with Crippen molar-refractivity contribution in [2.45, 2.75) is 31.7 Å². The van der Waals surface area contributed by atoms with Gasteiger partial charge in [-0.15, -0.1) is 0 Å². The molecule has 0 aliphatic heterocycles. The van der Waals surface area contributed by atoms with E-state index in [2.05, 4.69) is 10.4 Å². The Bertz CT molecular complexity index is 751. The molecule has 1 aliphatic carbocycles. The van der Waals surface area contributed by atoms with Gasteiger partial charge in [0.25, 0.3) is 0 Å². The highest BCUT2D eigenvalue weighted by Gasteiger charge is 2.25. The Morgan fingerprint density at radius 1 is 1.39 bits per heavy atom. The van der Waals surface area contributed by atoms with E-state index in [0.29, 0.717) is 5.56 Å². The number of amides is 1. The maximum absolute atomic E-state index is 12.3. The Labute approximate surface area is 134 Å². The summed E-state index contributed by atoms with van der Waals surface area (Å²) in [5.74, 6) is -1.18. The zero-order valence-electron chi connectivity index (χ0n) is 13.0. The summed E-state index contributed by atoms with van der Waals surface area (Å²) in [6.45, 7) is 0. The zero-order valence-corrected chi connectivity index (χ0v) is 13.0. The Kier molecular flexibility index (Phi) is 4.14. The van der Waals surface area contributed by atoms with Gasteiger partial charge < -0.3 is 10.4 Å². The van der Waals surface area contributed by atoms with Crippen molar-refractivity contribution in [3.8, 4) is 0 Å². The number of hydrogen-bond acceptors (Lipinski definition) is 3. The molecule has 2 N–H and O–H groups in total. The third-order valence-electron chi connectivity index (χ3n) is 4.31. The fourth-order valence-electron chi connectivity index (χ4n) is 3.16. The molecule has 0 saturated carbocycles.